The van der Waals surface area contributed by atoms with Crippen molar-refractivity contribution in [3.63, 3.8) is 0 Å². The lowest BCUT2D eigenvalue weighted by Gasteiger charge is -2.36. The fourth-order valence-electron chi connectivity index (χ4n) is 4.83. The number of methoxy groups -OCH3 is 1. The number of esters is 1. The Hall–Kier alpha value is -2.99. The zero-order chi connectivity index (χ0) is 22.7. The van der Waals surface area contributed by atoms with Crippen molar-refractivity contribution in [2.75, 3.05) is 7.11 Å². The maximum absolute atomic E-state index is 14.0. The summed E-state index contributed by atoms with van der Waals surface area (Å²) in [5.41, 5.74) is 3.67. The van der Waals surface area contributed by atoms with E-state index in [2.05, 4.69) is 5.32 Å². The lowest BCUT2D eigenvalue weighted by Crippen LogP contribution is -2.48. The molecule has 1 heterocycles. The molecule has 6 heteroatoms. The van der Waals surface area contributed by atoms with Crippen LogP contribution in [-0.2, 0) is 14.3 Å². The first-order valence-corrected chi connectivity index (χ1v) is 11.2. The minimum absolute atomic E-state index is 0.0425. The first kappa shape index (κ1) is 22.2. The molecule has 0 aromatic heterocycles. The Morgan fingerprint density at radius 2 is 1.84 bits per heavy atom. The fourth-order valence-corrected chi connectivity index (χ4v) is 4.83. The second-order valence-electron chi connectivity index (χ2n) is 8.47. The van der Waals surface area contributed by atoms with Crippen molar-refractivity contribution in [3.05, 3.63) is 82.7 Å². The Morgan fingerprint density at radius 1 is 1.12 bits per heavy atom. The number of hydrogen-bond acceptors (Lipinski definition) is 4. The van der Waals surface area contributed by atoms with E-state index >= 15 is 0 Å². The maximum atomic E-state index is 14.0. The van der Waals surface area contributed by atoms with Gasteiger partial charge in [-0.15, -0.1) is 0 Å². The van der Waals surface area contributed by atoms with Crippen molar-refractivity contribution in [1.29, 1.82) is 0 Å². The van der Waals surface area contributed by atoms with Gasteiger partial charge in [-0.05, 0) is 61.4 Å². The number of benzene rings is 2. The minimum Gasteiger partial charge on any atom is -0.469 e. The molecular weight excluding hydrogens is 407 g/mol. The highest BCUT2D eigenvalue weighted by molar-refractivity contribution is 5.98. The van der Waals surface area contributed by atoms with Gasteiger partial charge >= 0.3 is 5.97 Å². The smallest absolute Gasteiger partial charge is 0.307 e. The molecule has 0 fully saturated rings. The average molecular weight is 437 g/mol. The Labute approximate surface area is 188 Å². The van der Waals surface area contributed by atoms with Crippen molar-refractivity contribution >= 4 is 11.9 Å². The van der Waals surface area contributed by atoms with E-state index in [0.29, 0.717) is 5.56 Å². The Bertz CT molecular complexity index is 1020. The van der Waals surface area contributed by atoms with Crippen LogP contribution in [0.5, 0.6) is 0 Å². The number of nitrogens with one attached hydrogen (secondary N) is 1. The molecule has 1 aliphatic heterocycles. The van der Waals surface area contributed by atoms with Crippen LogP contribution in [0.4, 0.5) is 4.39 Å². The van der Waals surface area contributed by atoms with E-state index in [0.717, 1.165) is 42.4 Å². The van der Waals surface area contributed by atoms with E-state index in [1.165, 1.54) is 19.2 Å². The summed E-state index contributed by atoms with van der Waals surface area (Å²) in [5.74, 6) is -0.713. The third kappa shape index (κ3) is 4.46. The zero-order valence-corrected chi connectivity index (χ0v) is 18.5. The number of carbonyl (C=O) groups is 2. The highest BCUT2D eigenvalue weighted by Crippen LogP contribution is 2.40. The number of amides is 1. The summed E-state index contributed by atoms with van der Waals surface area (Å²) in [6.07, 6.45) is 3.32. The molecule has 0 saturated carbocycles. The van der Waals surface area contributed by atoms with Gasteiger partial charge in [0.15, 0.2) is 0 Å². The summed E-state index contributed by atoms with van der Waals surface area (Å²) in [5, 5.41) is 3.53. The second-order valence-corrected chi connectivity index (χ2v) is 8.47. The van der Waals surface area contributed by atoms with Gasteiger partial charge in [-0.25, -0.2) is 4.39 Å². The molecule has 1 aliphatic carbocycles. The van der Waals surface area contributed by atoms with Crippen molar-refractivity contribution in [3.8, 4) is 0 Å². The first-order chi connectivity index (χ1) is 15.5. The quantitative estimate of drug-likeness (QED) is 0.633. The van der Waals surface area contributed by atoms with E-state index in [4.69, 9.17) is 4.74 Å². The van der Waals surface area contributed by atoms with E-state index in [1.54, 1.807) is 12.1 Å². The van der Waals surface area contributed by atoms with Crippen LogP contribution >= 0.6 is 0 Å². The van der Waals surface area contributed by atoms with E-state index in [-0.39, 0.29) is 30.4 Å². The summed E-state index contributed by atoms with van der Waals surface area (Å²) >= 11 is 0. The van der Waals surface area contributed by atoms with Crippen molar-refractivity contribution in [1.82, 2.24) is 10.2 Å². The van der Waals surface area contributed by atoms with Crippen LogP contribution in [0.15, 0.2) is 65.7 Å². The summed E-state index contributed by atoms with van der Waals surface area (Å²) in [4.78, 5) is 27.6. The normalized spacial score (nSPS) is 20.2. The van der Waals surface area contributed by atoms with Crippen LogP contribution in [0.1, 0.15) is 62.2 Å². The Balaban J connectivity index is 1.71. The van der Waals surface area contributed by atoms with Gasteiger partial charge in [0.1, 0.15) is 12.0 Å². The van der Waals surface area contributed by atoms with Gasteiger partial charge in [0.25, 0.3) is 5.91 Å². The third-order valence-corrected chi connectivity index (χ3v) is 6.52. The number of carbonyl (C=O) groups excluding carboxylic acids is 2. The number of nitrogens with zero attached hydrogens (tertiary/aromatic N) is 1. The molecule has 0 saturated heterocycles. The number of ether oxygens (including phenoxy) is 1. The van der Waals surface area contributed by atoms with Crippen molar-refractivity contribution in [2.24, 2.45) is 0 Å². The Kier molecular flexibility index (Phi) is 6.70. The minimum atomic E-state index is -0.491. The second kappa shape index (κ2) is 9.65. The average Bonchev–Trinajstić information content (AvgIpc) is 3.10. The molecule has 1 amide bonds. The van der Waals surface area contributed by atoms with Crippen molar-refractivity contribution in [2.45, 2.75) is 57.3 Å². The van der Waals surface area contributed by atoms with Gasteiger partial charge in [-0.1, -0.05) is 42.5 Å². The molecule has 0 unspecified atom stereocenters. The molecule has 0 spiro atoms. The molecule has 2 aromatic rings. The predicted octanol–water partition coefficient (Wildman–Crippen LogP) is 4.82. The van der Waals surface area contributed by atoms with E-state index < -0.39 is 12.0 Å². The fraction of sp³-hybridized carbons (Fsp3) is 0.385. The zero-order valence-electron chi connectivity index (χ0n) is 18.5. The molecule has 0 bridgehead atoms. The van der Waals surface area contributed by atoms with Crippen LogP contribution in [0.2, 0.25) is 0 Å². The van der Waals surface area contributed by atoms with Crippen LogP contribution in [0.3, 0.4) is 0 Å². The molecule has 1 N–H and O–H groups in total. The SMILES string of the molecule is COC(=O)C[C@H](N[C@H]1C2=C(CCCC2)C(=O)N1[C@@H](C)c1ccccc1)c1cccc(F)c1. The lowest BCUT2D eigenvalue weighted by molar-refractivity contribution is -0.141. The summed E-state index contributed by atoms with van der Waals surface area (Å²) in [7, 11) is 1.34. The monoisotopic (exact) mass is 436 g/mol. The Morgan fingerprint density at radius 3 is 2.56 bits per heavy atom. The highest BCUT2D eigenvalue weighted by Gasteiger charge is 2.43. The van der Waals surface area contributed by atoms with Gasteiger partial charge in [0.2, 0.25) is 0 Å². The van der Waals surface area contributed by atoms with E-state index in [9.17, 15) is 14.0 Å². The number of halogens is 1. The van der Waals surface area contributed by atoms with Gasteiger partial charge < -0.3 is 9.64 Å². The third-order valence-electron chi connectivity index (χ3n) is 6.52. The largest absolute Gasteiger partial charge is 0.469 e. The molecule has 2 aliphatic rings. The van der Waals surface area contributed by atoms with Crippen molar-refractivity contribution < 1.29 is 18.7 Å². The first-order valence-electron chi connectivity index (χ1n) is 11.2. The number of hydrogen-bond donors (Lipinski definition) is 1. The summed E-state index contributed by atoms with van der Waals surface area (Å²) in [6.45, 7) is 2.03. The molecule has 2 aromatic carbocycles. The lowest BCUT2D eigenvalue weighted by atomic mass is 9.92. The molecule has 5 nitrogen and oxygen atoms in total. The number of rotatable bonds is 7. The molecule has 0 radical (unpaired) electrons. The van der Waals surface area contributed by atoms with Crippen LogP contribution in [0.25, 0.3) is 0 Å². The van der Waals surface area contributed by atoms with Gasteiger partial charge in [0, 0.05) is 11.6 Å². The van der Waals surface area contributed by atoms with E-state index in [1.807, 2.05) is 42.2 Å². The van der Waals surface area contributed by atoms with Gasteiger partial charge in [-0.2, -0.15) is 0 Å². The predicted molar refractivity (Wildman–Crippen MR) is 120 cm³/mol. The standard InChI is InChI=1S/C26H29FN2O3/c1-17(18-9-4-3-5-10-18)29-25(21-13-6-7-14-22(21)26(29)31)28-23(16-24(30)32-2)19-11-8-12-20(27)15-19/h3-5,8-12,15,17,23,25,28H,6-7,13-14,16H2,1-2H3/t17-,23-,25+/m0/s1. The molecule has 3 atom stereocenters. The topological polar surface area (TPSA) is 58.6 Å². The molecule has 168 valence electrons. The maximum Gasteiger partial charge on any atom is 0.307 e. The van der Waals surface area contributed by atoms with Gasteiger partial charge in [-0.3, -0.25) is 14.9 Å². The van der Waals surface area contributed by atoms with Gasteiger partial charge in [0.05, 0.1) is 19.6 Å². The molecule has 4 rings (SSSR count). The van der Waals surface area contributed by atoms with Crippen LogP contribution in [-0.4, -0.2) is 30.1 Å². The summed E-state index contributed by atoms with van der Waals surface area (Å²) < 4.78 is 18.9. The summed E-state index contributed by atoms with van der Waals surface area (Å²) in [6, 6.07) is 15.5. The molecular formula is C26H29FN2O3. The van der Waals surface area contributed by atoms with Crippen LogP contribution < -0.4 is 5.32 Å². The highest BCUT2D eigenvalue weighted by atomic mass is 19.1. The molecule has 32 heavy (non-hydrogen) atoms. The van der Waals surface area contributed by atoms with Crippen LogP contribution in [0, 0.1) is 5.82 Å².